The molecule has 1 aliphatic rings. The number of aromatic nitrogens is 1. The highest BCUT2D eigenvalue weighted by molar-refractivity contribution is 5.74. The summed E-state index contributed by atoms with van der Waals surface area (Å²) >= 11 is 0. The summed E-state index contributed by atoms with van der Waals surface area (Å²) < 4.78 is 19.9. The van der Waals surface area contributed by atoms with E-state index in [1.54, 1.807) is 7.11 Å². The molecule has 4 nitrogen and oxygen atoms in total. The number of aliphatic imine (C=N–C) groups is 1. The molecule has 21 heavy (non-hydrogen) atoms. The van der Waals surface area contributed by atoms with Crippen LogP contribution in [-0.2, 0) is 17.8 Å². The van der Waals surface area contributed by atoms with Gasteiger partial charge in [-0.1, -0.05) is 0 Å². The van der Waals surface area contributed by atoms with Crippen molar-refractivity contribution in [3.8, 4) is 0 Å². The molecule has 0 aromatic carbocycles. The van der Waals surface area contributed by atoms with Crippen molar-refractivity contribution < 1.29 is 9.13 Å². The molecule has 0 unspecified atom stereocenters. The van der Waals surface area contributed by atoms with Crippen LogP contribution in [0.5, 0.6) is 0 Å². The van der Waals surface area contributed by atoms with Gasteiger partial charge in [0.25, 0.3) is 0 Å². The molecular formula is C16H24FN3O. The first-order valence-electron chi connectivity index (χ1n) is 7.47. The zero-order valence-electron chi connectivity index (χ0n) is 12.8. The van der Waals surface area contributed by atoms with Crippen molar-refractivity contribution in [1.82, 2.24) is 9.88 Å². The van der Waals surface area contributed by atoms with E-state index in [0.29, 0.717) is 6.04 Å². The summed E-state index contributed by atoms with van der Waals surface area (Å²) in [7, 11) is 1.70. The van der Waals surface area contributed by atoms with Gasteiger partial charge in [0, 0.05) is 45.3 Å². The van der Waals surface area contributed by atoms with Crippen LogP contribution in [0.2, 0.25) is 0 Å². The van der Waals surface area contributed by atoms with Crippen molar-refractivity contribution in [2.45, 2.75) is 45.3 Å². The molecule has 116 valence electrons. The molecule has 2 rings (SSSR count). The molecule has 5 heteroatoms. The molecule has 0 bridgehead atoms. The Labute approximate surface area is 125 Å². The molecule has 0 amide bonds. The molecule has 1 fully saturated rings. The number of nitrogens with one attached hydrogen (secondary N) is 1. The minimum absolute atomic E-state index is 0.244. The molecule has 0 atom stereocenters. The van der Waals surface area contributed by atoms with Crippen molar-refractivity contribution in [3.05, 3.63) is 29.7 Å². The number of ether oxygens (including phenoxy) is 1. The van der Waals surface area contributed by atoms with Gasteiger partial charge in [0.05, 0.1) is 5.83 Å². The second-order valence-electron chi connectivity index (χ2n) is 5.43. The Morgan fingerprint density at radius 3 is 3.05 bits per heavy atom. The summed E-state index contributed by atoms with van der Waals surface area (Å²) in [5.74, 6) is 0.614. The van der Waals surface area contributed by atoms with Gasteiger partial charge in [-0.2, -0.15) is 0 Å². The minimum atomic E-state index is -0.244. The van der Waals surface area contributed by atoms with Crippen LogP contribution in [-0.4, -0.2) is 30.5 Å². The maximum absolute atomic E-state index is 12.7. The van der Waals surface area contributed by atoms with Gasteiger partial charge in [-0.3, -0.25) is 0 Å². The SMILES string of the molecule is COCCCn1cc(CNC2CC2)cc1/N=C\C=C(/C)F. The Hall–Kier alpha value is -1.46. The summed E-state index contributed by atoms with van der Waals surface area (Å²) in [6.45, 7) is 3.85. The second-order valence-corrected chi connectivity index (χ2v) is 5.43. The minimum Gasteiger partial charge on any atom is -0.385 e. The van der Waals surface area contributed by atoms with E-state index in [-0.39, 0.29) is 5.83 Å². The maximum Gasteiger partial charge on any atom is 0.132 e. The maximum atomic E-state index is 12.7. The Morgan fingerprint density at radius 1 is 1.57 bits per heavy atom. The lowest BCUT2D eigenvalue weighted by molar-refractivity contribution is 0.190. The van der Waals surface area contributed by atoms with Gasteiger partial charge in [-0.15, -0.1) is 0 Å². The van der Waals surface area contributed by atoms with E-state index in [2.05, 4.69) is 27.1 Å². The average molecular weight is 293 g/mol. The Balaban J connectivity index is 2.01. The van der Waals surface area contributed by atoms with E-state index in [9.17, 15) is 4.39 Å². The van der Waals surface area contributed by atoms with Gasteiger partial charge in [0.2, 0.25) is 0 Å². The molecule has 0 radical (unpaired) electrons. The fraction of sp³-hybridized carbons (Fsp3) is 0.562. The fourth-order valence-corrected chi connectivity index (χ4v) is 2.08. The number of halogens is 1. The number of nitrogens with zero attached hydrogens (tertiary/aromatic N) is 2. The second kappa shape index (κ2) is 8.10. The molecule has 0 spiro atoms. The van der Waals surface area contributed by atoms with Gasteiger partial charge >= 0.3 is 0 Å². The van der Waals surface area contributed by atoms with Crippen molar-refractivity contribution in [1.29, 1.82) is 0 Å². The third-order valence-electron chi connectivity index (χ3n) is 3.36. The third-order valence-corrected chi connectivity index (χ3v) is 3.36. The van der Waals surface area contributed by atoms with E-state index >= 15 is 0 Å². The summed E-state index contributed by atoms with van der Waals surface area (Å²) in [5.41, 5.74) is 1.22. The summed E-state index contributed by atoms with van der Waals surface area (Å²) in [6.07, 6.45) is 8.48. The lowest BCUT2D eigenvalue weighted by Gasteiger charge is -2.04. The van der Waals surface area contributed by atoms with Crippen LogP contribution < -0.4 is 5.32 Å². The highest BCUT2D eigenvalue weighted by atomic mass is 19.1. The highest BCUT2D eigenvalue weighted by Gasteiger charge is 2.20. The quantitative estimate of drug-likeness (QED) is 0.560. The molecular weight excluding hydrogens is 269 g/mol. The van der Waals surface area contributed by atoms with E-state index in [1.807, 2.05) is 0 Å². The predicted octanol–water partition coefficient (Wildman–Crippen LogP) is 3.35. The van der Waals surface area contributed by atoms with Gasteiger partial charge < -0.3 is 14.6 Å². The first-order chi connectivity index (χ1) is 10.2. The van der Waals surface area contributed by atoms with Crippen LogP contribution >= 0.6 is 0 Å². The van der Waals surface area contributed by atoms with Gasteiger partial charge in [0.15, 0.2) is 0 Å². The monoisotopic (exact) mass is 293 g/mol. The summed E-state index contributed by atoms with van der Waals surface area (Å²) in [5, 5.41) is 3.49. The van der Waals surface area contributed by atoms with Crippen LogP contribution in [0.4, 0.5) is 10.2 Å². The molecule has 0 saturated heterocycles. The standard InChI is InChI=1S/C16H24FN3O/c1-13(17)6-7-18-16-10-14(11-19-15-4-5-15)12-20(16)8-3-9-21-2/h6-7,10,12,15,19H,3-5,8-9,11H2,1-2H3/b13-6+,18-7-. The number of allylic oxidation sites excluding steroid dienone is 2. The molecule has 1 aromatic heterocycles. The van der Waals surface area contributed by atoms with Gasteiger partial charge in [-0.05, 0) is 43.9 Å². The van der Waals surface area contributed by atoms with Crippen LogP contribution in [0.25, 0.3) is 0 Å². The Bertz CT molecular complexity index is 500. The number of rotatable bonds is 9. The molecule has 1 saturated carbocycles. The highest BCUT2D eigenvalue weighted by Crippen LogP contribution is 2.22. The van der Waals surface area contributed by atoms with Gasteiger partial charge in [-0.25, -0.2) is 9.38 Å². The van der Waals surface area contributed by atoms with Crippen molar-refractivity contribution in [3.63, 3.8) is 0 Å². The predicted molar refractivity (Wildman–Crippen MR) is 83.8 cm³/mol. The summed E-state index contributed by atoms with van der Waals surface area (Å²) in [4.78, 5) is 4.34. The van der Waals surface area contributed by atoms with Crippen molar-refractivity contribution >= 4 is 12.0 Å². The molecule has 0 aliphatic heterocycles. The Kier molecular flexibility index (Phi) is 6.14. The Morgan fingerprint density at radius 2 is 2.38 bits per heavy atom. The number of methoxy groups -OCH3 is 1. The first-order valence-corrected chi connectivity index (χ1v) is 7.47. The van der Waals surface area contributed by atoms with Crippen molar-refractivity contribution in [2.75, 3.05) is 13.7 Å². The number of hydrogen-bond acceptors (Lipinski definition) is 3. The molecule has 1 aromatic rings. The van der Waals surface area contributed by atoms with E-state index < -0.39 is 0 Å². The largest absolute Gasteiger partial charge is 0.385 e. The van der Waals surface area contributed by atoms with Crippen LogP contribution in [0.15, 0.2) is 29.2 Å². The van der Waals surface area contributed by atoms with Crippen LogP contribution in [0.3, 0.4) is 0 Å². The molecule has 1 heterocycles. The number of hydrogen-bond donors (Lipinski definition) is 1. The smallest absolute Gasteiger partial charge is 0.132 e. The van der Waals surface area contributed by atoms with E-state index in [1.165, 1.54) is 37.6 Å². The zero-order chi connectivity index (χ0) is 15.1. The topological polar surface area (TPSA) is 38.5 Å². The third kappa shape index (κ3) is 5.81. The van der Waals surface area contributed by atoms with Gasteiger partial charge in [0.1, 0.15) is 5.82 Å². The van der Waals surface area contributed by atoms with E-state index in [4.69, 9.17) is 4.74 Å². The molecule has 1 aliphatic carbocycles. The lowest BCUT2D eigenvalue weighted by atomic mass is 10.3. The van der Waals surface area contributed by atoms with Crippen LogP contribution in [0.1, 0.15) is 31.7 Å². The fourth-order valence-electron chi connectivity index (χ4n) is 2.08. The first kappa shape index (κ1) is 15.9. The van der Waals surface area contributed by atoms with E-state index in [0.717, 1.165) is 31.9 Å². The van der Waals surface area contributed by atoms with Crippen LogP contribution in [0, 0.1) is 0 Å². The lowest BCUT2D eigenvalue weighted by Crippen LogP contribution is -2.14. The summed E-state index contributed by atoms with van der Waals surface area (Å²) in [6, 6.07) is 2.74. The number of aryl methyl sites for hydroxylation is 1. The average Bonchev–Trinajstić information content (AvgIpc) is 3.19. The normalized spacial score (nSPS) is 16.0. The van der Waals surface area contributed by atoms with Crippen molar-refractivity contribution in [2.24, 2.45) is 4.99 Å². The zero-order valence-corrected chi connectivity index (χ0v) is 12.8. The molecule has 1 N–H and O–H groups in total.